The summed E-state index contributed by atoms with van der Waals surface area (Å²) in [7, 11) is 0. The summed E-state index contributed by atoms with van der Waals surface area (Å²) in [5, 5.41) is 15.3. The standard InChI is InChI=1S/C19H22N2OS3/c1-19(2,3)12-6-7-13-14(10-20)18(25-15(13)9-12)21-16(22)11-24-17-5-4-8-23-17/h4-5,8,12H,6-7,9,11H2,1-3H3,(H,21,22)/t12-/m0/s1. The normalized spacial score (nSPS) is 17.0. The molecule has 0 saturated carbocycles. The molecular formula is C19H22N2OS3. The number of nitrogens with zero attached hydrogens (tertiary/aromatic N) is 1. The van der Waals surface area contributed by atoms with Crippen molar-refractivity contribution in [1.82, 2.24) is 0 Å². The van der Waals surface area contributed by atoms with Crippen LogP contribution in [0.4, 0.5) is 5.00 Å². The molecule has 6 heteroatoms. The van der Waals surface area contributed by atoms with Crippen molar-refractivity contribution < 1.29 is 4.79 Å². The summed E-state index contributed by atoms with van der Waals surface area (Å²) in [6.45, 7) is 6.85. The van der Waals surface area contributed by atoms with E-state index in [0.29, 0.717) is 17.2 Å². The van der Waals surface area contributed by atoms with Gasteiger partial charge in [0.1, 0.15) is 11.1 Å². The van der Waals surface area contributed by atoms with Gasteiger partial charge in [-0.3, -0.25) is 4.79 Å². The van der Waals surface area contributed by atoms with Crippen LogP contribution < -0.4 is 5.32 Å². The van der Waals surface area contributed by atoms with E-state index in [1.807, 2.05) is 17.5 Å². The second kappa shape index (κ2) is 7.53. The maximum absolute atomic E-state index is 12.3. The smallest absolute Gasteiger partial charge is 0.235 e. The third kappa shape index (κ3) is 4.28. The van der Waals surface area contributed by atoms with Crippen molar-refractivity contribution in [2.24, 2.45) is 11.3 Å². The monoisotopic (exact) mass is 390 g/mol. The van der Waals surface area contributed by atoms with Gasteiger partial charge in [-0.2, -0.15) is 5.26 Å². The number of hydrogen-bond donors (Lipinski definition) is 1. The van der Waals surface area contributed by atoms with E-state index in [0.717, 1.165) is 34.0 Å². The van der Waals surface area contributed by atoms with Crippen LogP contribution in [0.15, 0.2) is 21.7 Å². The molecule has 0 fully saturated rings. The summed E-state index contributed by atoms with van der Waals surface area (Å²) in [6, 6.07) is 6.32. The quantitative estimate of drug-likeness (QED) is 0.695. The Morgan fingerprint density at radius 1 is 1.48 bits per heavy atom. The lowest BCUT2D eigenvalue weighted by Crippen LogP contribution is -2.26. The van der Waals surface area contributed by atoms with Crippen molar-refractivity contribution in [2.75, 3.05) is 11.1 Å². The van der Waals surface area contributed by atoms with E-state index >= 15 is 0 Å². The van der Waals surface area contributed by atoms with Gasteiger partial charge >= 0.3 is 0 Å². The van der Waals surface area contributed by atoms with E-state index in [2.05, 4.69) is 32.2 Å². The minimum Gasteiger partial charge on any atom is -0.316 e. The maximum atomic E-state index is 12.3. The molecule has 1 atom stereocenters. The molecule has 25 heavy (non-hydrogen) atoms. The predicted octanol–water partition coefficient (Wildman–Crippen LogP) is 5.56. The zero-order chi connectivity index (χ0) is 18.0. The van der Waals surface area contributed by atoms with E-state index < -0.39 is 0 Å². The lowest BCUT2D eigenvalue weighted by Gasteiger charge is -2.33. The molecule has 3 rings (SSSR count). The third-order valence-electron chi connectivity index (χ3n) is 4.70. The molecule has 0 bridgehead atoms. The number of amides is 1. The van der Waals surface area contributed by atoms with Crippen LogP contribution in [0.2, 0.25) is 0 Å². The van der Waals surface area contributed by atoms with Crippen LogP contribution in [0.1, 0.15) is 43.2 Å². The van der Waals surface area contributed by atoms with Gasteiger partial charge < -0.3 is 5.32 Å². The zero-order valence-corrected chi connectivity index (χ0v) is 17.2. The van der Waals surface area contributed by atoms with Gasteiger partial charge in [-0.15, -0.1) is 34.4 Å². The van der Waals surface area contributed by atoms with Crippen molar-refractivity contribution in [2.45, 2.75) is 44.2 Å². The minimum absolute atomic E-state index is 0.0409. The number of hydrogen-bond acceptors (Lipinski definition) is 5. The van der Waals surface area contributed by atoms with Crippen molar-refractivity contribution in [3.8, 4) is 6.07 Å². The highest BCUT2D eigenvalue weighted by molar-refractivity contribution is 8.01. The number of thiophene rings is 2. The molecule has 1 aliphatic carbocycles. The fraction of sp³-hybridized carbons (Fsp3) is 0.474. The number of thioether (sulfide) groups is 1. The van der Waals surface area contributed by atoms with E-state index in [4.69, 9.17) is 0 Å². The molecule has 1 amide bonds. The number of carbonyl (C=O) groups is 1. The fourth-order valence-electron chi connectivity index (χ4n) is 3.18. The third-order valence-corrected chi connectivity index (χ3v) is 8.00. The molecule has 1 aliphatic rings. The topological polar surface area (TPSA) is 52.9 Å². The van der Waals surface area contributed by atoms with Crippen molar-refractivity contribution in [3.63, 3.8) is 0 Å². The van der Waals surface area contributed by atoms with E-state index in [1.54, 1.807) is 22.7 Å². The van der Waals surface area contributed by atoms with Gasteiger partial charge in [0.15, 0.2) is 0 Å². The molecule has 0 unspecified atom stereocenters. The van der Waals surface area contributed by atoms with E-state index in [9.17, 15) is 10.1 Å². The van der Waals surface area contributed by atoms with Crippen LogP contribution in [0.3, 0.4) is 0 Å². The van der Waals surface area contributed by atoms with Gasteiger partial charge in [-0.25, -0.2) is 0 Å². The highest BCUT2D eigenvalue weighted by Gasteiger charge is 2.32. The zero-order valence-electron chi connectivity index (χ0n) is 14.7. The summed E-state index contributed by atoms with van der Waals surface area (Å²) in [5.41, 5.74) is 2.12. The molecule has 3 nitrogen and oxygen atoms in total. The van der Waals surface area contributed by atoms with Crippen molar-refractivity contribution in [1.29, 1.82) is 5.26 Å². The van der Waals surface area contributed by atoms with Crippen molar-refractivity contribution >= 4 is 45.3 Å². The van der Waals surface area contributed by atoms with Crippen LogP contribution >= 0.6 is 34.4 Å². The molecule has 0 spiro atoms. The molecule has 0 saturated heterocycles. The first-order valence-corrected chi connectivity index (χ1v) is 11.1. The van der Waals surface area contributed by atoms with Gasteiger partial charge in [-0.1, -0.05) is 26.8 Å². The van der Waals surface area contributed by atoms with E-state index in [1.165, 1.54) is 16.6 Å². The Hall–Kier alpha value is -1.29. The average Bonchev–Trinajstić information content (AvgIpc) is 3.18. The summed E-state index contributed by atoms with van der Waals surface area (Å²) >= 11 is 4.77. The minimum atomic E-state index is -0.0409. The Kier molecular flexibility index (Phi) is 5.57. The average molecular weight is 391 g/mol. The van der Waals surface area contributed by atoms with Crippen LogP contribution in [0.25, 0.3) is 0 Å². The molecule has 2 aromatic rings. The number of nitrogens with one attached hydrogen (secondary N) is 1. The molecule has 2 aromatic heterocycles. The molecular weight excluding hydrogens is 368 g/mol. The van der Waals surface area contributed by atoms with Crippen LogP contribution in [0.5, 0.6) is 0 Å². The van der Waals surface area contributed by atoms with Gasteiger partial charge in [0.05, 0.1) is 15.5 Å². The largest absolute Gasteiger partial charge is 0.316 e. The first kappa shape index (κ1) is 18.5. The molecule has 0 aromatic carbocycles. The highest BCUT2D eigenvalue weighted by Crippen LogP contribution is 2.44. The van der Waals surface area contributed by atoms with Gasteiger partial charge in [-0.05, 0) is 47.6 Å². The van der Waals surface area contributed by atoms with Crippen molar-refractivity contribution in [3.05, 3.63) is 33.5 Å². The Bertz CT molecular complexity index is 794. The summed E-state index contributed by atoms with van der Waals surface area (Å²) < 4.78 is 1.13. The lowest BCUT2D eigenvalue weighted by atomic mass is 9.72. The Morgan fingerprint density at radius 2 is 2.28 bits per heavy atom. The summed E-state index contributed by atoms with van der Waals surface area (Å²) in [6.07, 6.45) is 3.07. The number of fused-ring (bicyclic) bond motifs is 1. The molecule has 132 valence electrons. The Balaban J connectivity index is 1.71. The second-order valence-electron chi connectivity index (χ2n) is 7.39. The first-order chi connectivity index (χ1) is 11.9. The summed E-state index contributed by atoms with van der Waals surface area (Å²) in [4.78, 5) is 13.6. The van der Waals surface area contributed by atoms with Crippen LogP contribution in [-0.4, -0.2) is 11.7 Å². The summed E-state index contributed by atoms with van der Waals surface area (Å²) in [5.74, 6) is 0.961. The Morgan fingerprint density at radius 3 is 2.92 bits per heavy atom. The van der Waals surface area contributed by atoms with Gasteiger partial charge in [0.25, 0.3) is 0 Å². The van der Waals surface area contributed by atoms with E-state index in [-0.39, 0.29) is 11.3 Å². The molecule has 0 radical (unpaired) electrons. The van der Waals surface area contributed by atoms with Gasteiger partial charge in [0, 0.05) is 4.88 Å². The SMILES string of the molecule is CC(C)(C)[C@H]1CCc2c(sc(NC(=O)CSc3cccs3)c2C#N)C1. The number of rotatable bonds is 4. The van der Waals surface area contributed by atoms with Crippen LogP contribution in [-0.2, 0) is 17.6 Å². The highest BCUT2D eigenvalue weighted by atomic mass is 32.2. The molecule has 2 heterocycles. The predicted molar refractivity (Wildman–Crippen MR) is 108 cm³/mol. The number of nitriles is 1. The second-order valence-corrected chi connectivity index (χ2v) is 10.7. The fourth-order valence-corrected chi connectivity index (χ4v) is 6.05. The number of anilines is 1. The van der Waals surface area contributed by atoms with Gasteiger partial charge in [0.2, 0.25) is 5.91 Å². The first-order valence-electron chi connectivity index (χ1n) is 8.39. The number of carbonyl (C=O) groups excluding carboxylic acids is 1. The molecule has 0 aliphatic heterocycles. The van der Waals surface area contributed by atoms with Crippen LogP contribution in [0, 0.1) is 22.7 Å². The Labute approximate surface area is 161 Å². The maximum Gasteiger partial charge on any atom is 0.235 e. The lowest BCUT2D eigenvalue weighted by molar-refractivity contribution is -0.113. The molecule has 1 N–H and O–H groups in total.